The van der Waals surface area contributed by atoms with E-state index in [1.807, 2.05) is 20.8 Å². The summed E-state index contributed by atoms with van der Waals surface area (Å²) < 4.78 is 5.12. The Morgan fingerprint density at radius 2 is 1.55 bits per heavy atom. The van der Waals surface area contributed by atoms with E-state index in [9.17, 15) is 9.59 Å². The summed E-state index contributed by atoms with van der Waals surface area (Å²) >= 11 is 0. The third-order valence-electron chi connectivity index (χ3n) is 2.86. The van der Waals surface area contributed by atoms with Gasteiger partial charge in [0.05, 0.1) is 0 Å². The Labute approximate surface area is 123 Å². The summed E-state index contributed by atoms with van der Waals surface area (Å²) in [4.78, 5) is 22.9. The highest BCUT2D eigenvalue weighted by Gasteiger charge is 2.15. The van der Waals surface area contributed by atoms with Crippen LogP contribution >= 0.6 is 0 Å². The predicted molar refractivity (Wildman–Crippen MR) is 81.9 cm³/mol. The van der Waals surface area contributed by atoms with Gasteiger partial charge in [-0.05, 0) is 40.0 Å². The Morgan fingerprint density at radius 3 is 2.10 bits per heavy atom. The molecule has 0 rings (SSSR count). The zero-order chi connectivity index (χ0) is 15.4. The molecule has 20 heavy (non-hydrogen) atoms. The van der Waals surface area contributed by atoms with E-state index in [1.165, 1.54) is 12.8 Å². The highest BCUT2D eigenvalue weighted by atomic mass is 16.6. The first-order valence-corrected chi connectivity index (χ1v) is 7.83. The monoisotopic (exact) mass is 285 g/mol. The number of carbonyl (C=O) groups is 2. The highest BCUT2D eigenvalue weighted by Crippen LogP contribution is 2.08. The van der Waals surface area contributed by atoms with Crippen molar-refractivity contribution in [2.75, 3.05) is 6.54 Å². The van der Waals surface area contributed by atoms with Crippen LogP contribution in [0.1, 0.15) is 79.1 Å². The van der Waals surface area contributed by atoms with Crippen LogP contribution in [0.15, 0.2) is 0 Å². The first-order valence-electron chi connectivity index (χ1n) is 7.83. The summed E-state index contributed by atoms with van der Waals surface area (Å²) in [6.07, 6.45) is 7.19. The van der Waals surface area contributed by atoms with Gasteiger partial charge in [0.1, 0.15) is 11.4 Å². The fourth-order valence-electron chi connectivity index (χ4n) is 1.83. The van der Waals surface area contributed by atoms with Crippen LogP contribution in [0.2, 0.25) is 0 Å². The van der Waals surface area contributed by atoms with Crippen molar-refractivity contribution in [2.45, 2.75) is 84.7 Å². The van der Waals surface area contributed by atoms with Crippen LogP contribution in [0.5, 0.6) is 0 Å². The highest BCUT2D eigenvalue weighted by molar-refractivity contribution is 5.78. The van der Waals surface area contributed by atoms with Crippen molar-refractivity contribution in [3.63, 3.8) is 0 Å². The third-order valence-corrected chi connectivity index (χ3v) is 2.86. The SMILES string of the molecule is CCCCCCC(=O)CCCCNC(=O)OC(C)(C)C. The van der Waals surface area contributed by atoms with Crippen LogP contribution in [-0.4, -0.2) is 24.0 Å². The van der Waals surface area contributed by atoms with Crippen molar-refractivity contribution in [1.82, 2.24) is 5.32 Å². The third kappa shape index (κ3) is 13.4. The largest absolute Gasteiger partial charge is 0.444 e. The van der Waals surface area contributed by atoms with Gasteiger partial charge in [-0.3, -0.25) is 4.79 Å². The molecule has 0 aromatic rings. The van der Waals surface area contributed by atoms with Gasteiger partial charge in [0.2, 0.25) is 0 Å². The van der Waals surface area contributed by atoms with E-state index in [1.54, 1.807) is 0 Å². The topological polar surface area (TPSA) is 55.4 Å². The van der Waals surface area contributed by atoms with Crippen molar-refractivity contribution in [3.05, 3.63) is 0 Å². The summed E-state index contributed by atoms with van der Waals surface area (Å²) in [5.74, 6) is 0.346. The van der Waals surface area contributed by atoms with Crippen LogP contribution in [0.4, 0.5) is 4.79 Å². The molecule has 0 aliphatic carbocycles. The molecule has 0 aromatic heterocycles. The smallest absolute Gasteiger partial charge is 0.407 e. The number of rotatable bonds is 10. The molecular formula is C16H31NO3. The van der Waals surface area contributed by atoms with Crippen LogP contribution in [0.25, 0.3) is 0 Å². The number of carbonyl (C=O) groups excluding carboxylic acids is 2. The number of Topliss-reactive ketones (excluding diaryl/α,β-unsaturated/α-hetero) is 1. The number of ketones is 1. The van der Waals surface area contributed by atoms with E-state index in [4.69, 9.17) is 4.74 Å². The average Bonchev–Trinajstić information content (AvgIpc) is 2.32. The van der Waals surface area contributed by atoms with Crippen molar-refractivity contribution >= 4 is 11.9 Å². The zero-order valence-corrected chi connectivity index (χ0v) is 13.6. The Hall–Kier alpha value is -1.06. The molecule has 4 nitrogen and oxygen atoms in total. The molecule has 0 saturated carbocycles. The Kier molecular flexibility index (Phi) is 10.1. The molecule has 0 radical (unpaired) electrons. The van der Waals surface area contributed by atoms with Gasteiger partial charge in [-0.15, -0.1) is 0 Å². The van der Waals surface area contributed by atoms with Crippen LogP contribution in [0.3, 0.4) is 0 Å². The molecule has 0 bridgehead atoms. The Bertz CT molecular complexity index is 282. The maximum atomic E-state index is 11.6. The van der Waals surface area contributed by atoms with Gasteiger partial charge in [-0.1, -0.05) is 26.2 Å². The molecule has 0 aromatic carbocycles. The van der Waals surface area contributed by atoms with Gasteiger partial charge in [-0.25, -0.2) is 4.79 Å². The molecule has 0 atom stereocenters. The number of hydrogen-bond donors (Lipinski definition) is 1. The van der Waals surface area contributed by atoms with Gasteiger partial charge in [0.25, 0.3) is 0 Å². The standard InChI is InChI=1S/C16H31NO3/c1-5-6-7-8-11-14(18)12-9-10-13-17-15(19)20-16(2,3)4/h5-13H2,1-4H3,(H,17,19). The number of nitrogens with one attached hydrogen (secondary N) is 1. The first-order chi connectivity index (χ1) is 9.35. The van der Waals surface area contributed by atoms with E-state index in [0.29, 0.717) is 25.2 Å². The molecule has 1 amide bonds. The first kappa shape index (κ1) is 18.9. The Balaban J connectivity index is 3.43. The predicted octanol–water partition coefficient (Wildman–Crippen LogP) is 4.22. The van der Waals surface area contributed by atoms with Crippen molar-refractivity contribution < 1.29 is 14.3 Å². The van der Waals surface area contributed by atoms with Gasteiger partial charge >= 0.3 is 6.09 Å². The number of unbranched alkanes of at least 4 members (excludes halogenated alkanes) is 4. The van der Waals surface area contributed by atoms with Crippen molar-refractivity contribution in [2.24, 2.45) is 0 Å². The lowest BCUT2D eigenvalue weighted by molar-refractivity contribution is -0.119. The number of ether oxygens (including phenoxy) is 1. The number of amides is 1. The normalized spacial score (nSPS) is 11.2. The molecule has 1 N–H and O–H groups in total. The fourth-order valence-corrected chi connectivity index (χ4v) is 1.83. The van der Waals surface area contributed by atoms with Gasteiger partial charge in [0, 0.05) is 19.4 Å². The number of hydrogen-bond acceptors (Lipinski definition) is 3. The van der Waals surface area contributed by atoms with E-state index in [-0.39, 0.29) is 6.09 Å². The lowest BCUT2D eigenvalue weighted by Crippen LogP contribution is -2.33. The van der Waals surface area contributed by atoms with E-state index >= 15 is 0 Å². The Morgan fingerprint density at radius 1 is 0.950 bits per heavy atom. The van der Waals surface area contributed by atoms with Gasteiger partial charge in [-0.2, -0.15) is 0 Å². The van der Waals surface area contributed by atoms with E-state index < -0.39 is 5.60 Å². The van der Waals surface area contributed by atoms with E-state index in [2.05, 4.69) is 12.2 Å². The molecule has 0 spiro atoms. The maximum Gasteiger partial charge on any atom is 0.407 e. The van der Waals surface area contributed by atoms with Crippen LogP contribution < -0.4 is 5.32 Å². The molecule has 0 fully saturated rings. The van der Waals surface area contributed by atoms with Crippen LogP contribution in [-0.2, 0) is 9.53 Å². The van der Waals surface area contributed by atoms with Gasteiger partial charge in [0.15, 0.2) is 0 Å². The quantitative estimate of drug-likeness (QED) is 0.611. The second-order valence-electron chi connectivity index (χ2n) is 6.24. The summed E-state index contributed by atoms with van der Waals surface area (Å²) in [6.45, 7) is 8.24. The van der Waals surface area contributed by atoms with Crippen molar-refractivity contribution in [1.29, 1.82) is 0 Å². The lowest BCUT2D eigenvalue weighted by atomic mass is 10.1. The molecule has 0 unspecified atom stereocenters. The summed E-state index contributed by atoms with van der Waals surface area (Å²) in [5, 5.41) is 2.70. The minimum absolute atomic E-state index is 0.346. The molecule has 0 saturated heterocycles. The summed E-state index contributed by atoms with van der Waals surface area (Å²) in [5.41, 5.74) is -0.460. The maximum absolute atomic E-state index is 11.6. The van der Waals surface area contributed by atoms with E-state index in [0.717, 1.165) is 25.7 Å². The molecule has 118 valence electrons. The minimum atomic E-state index is -0.460. The van der Waals surface area contributed by atoms with Crippen molar-refractivity contribution in [3.8, 4) is 0 Å². The average molecular weight is 285 g/mol. The fraction of sp³-hybridized carbons (Fsp3) is 0.875. The minimum Gasteiger partial charge on any atom is -0.444 e. The molecule has 0 aliphatic rings. The summed E-state index contributed by atoms with van der Waals surface area (Å²) in [7, 11) is 0. The molecular weight excluding hydrogens is 254 g/mol. The lowest BCUT2D eigenvalue weighted by Gasteiger charge is -2.19. The zero-order valence-electron chi connectivity index (χ0n) is 13.6. The molecule has 0 heterocycles. The van der Waals surface area contributed by atoms with Gasteiger partial charge < -0.3 is 10.1 Å². The molecule has 4 heteroatoms. The van der Waals surface area contributed by atoms with Crippen LogP contribution in [0, 0.1) is 0 Å². The molecule has 0 aliphatic heterocycles. The second kappa shape index (κ2) is 10.7. The summed E-state index contributed by atoms with van der Waals surface area (Å²) in [6, 6.07) is 0. The second-order valence-corrected chi connectivity index (χ2v) is 6.24. The number of alkyl carbamates (subject to hydrolysis) is 1.